The molecular formula is C11H19N3O. The van der Waals surface area contributed by atoms with Crippen LogP contribution in [0, 0.1) is 0 Å². The van der Waals surface area contributed by atoms with Gasteiger partial charge in [0, 0.05) is 18.7 Å². The van der Waals surface area contributed by atoms with Crippen LogP contribution in [0.15, 0.2) is 18.2 Å². The highest BCUT2D eigenvalue weighted by Gasteiger charge is 2.04. The maximum Gasteiger partial charge on any atom is 0.123 e. The van der Waals surface area contributed by atoms with Crippen LogP contribution in [0.25, 0.3) is 0 Å². The van der Waals surface area contributed by atoms with Crippen molar-refractivity contribution in [3.63, 3.8) is 0 Å². The summed E-state index contributed by atoms with van der Waals surface area (Å²) in [5.74, 6) is 6.19. The Bertz CT molecular complexity index is 313. The van der Waals surface area contributed by atoms with Crippen LogP contribution in [0.1, 0.15) is 11.1 Å². The molecule has 0 bridgehead atoms. The van der Waals surface area contributed by atoms with Crippen molar-refractivity contribution in [1.82, 2.24) is 10.3 Å². The first-order valence-corrected chi connectivity index (χ1v) is 4.91. The molecule has 0 atom stereocenters. The van der Waals surface area contributed by atoms with Crippen LogP contribution in [-0.4, -0.2) is 26.1 Å². The van der Waals surface area contributed by atoms with Crippen molar-refractivity contribution in [3.8, 4) is 5.75 Å². The van der Waals surface area contributed by atoms with Crippen LogP contribution in [0.2, 0.25) is 0 Å². The van der Waals surface area contributed by atoms with Gasteiger partial charge in [-0.1, -0.05) is 6.07 Å². The third-order valence-electron chi connectivity index (χ3n) is 2.14. The number of methoxy groups -OCH3 is 1. The number of nitrogens with zero attached hydrogens (tertiary/aromatic N) is 1. The highest BCUT2D eigenvalue weighted by atomic mass is 16.5. The third kappa shape index (κ3) is 3.51. The summed E-state index contributed by atoms with van der Waals surface area (Å²) >= 11 is 0. The molecule has 0 amide bonds. The molecule has 3 N–H and O–H groups in total. The highest BCUT2D eigenvalue weighted by molar-refractivity contribution is 5.37. The summed E-state index contributed by atoms with van der Waals surface area (Å²) in [6.45, 7) is 1.53. The molecule has 0 aliphatic rings. The summed E-state index contributed by atoms with van der Waals surface area (Å²) in [5, 5.41) is 0. The van der Waals surface area contributed by atoms with E-state index in [0.717, 1.165) is 17.9 Å². The van der Waals surface area contributed by atoms with Gasteiger partial charge in [-0.3, -0.25) is 11.3 Å². The van der Waals surface area contributed by atoms with E-state index in [2.05, 4.69) is 22.5 Å². The Balaban J connectivity index is 2.88. The molecule has 0 aliphatic heterocycles. The summed E-state index contributed by atoms with van der Waals surface area (Å²) in [7, 11) is 5.76. The van der Waals surface area contributed by atoms with Gasteiger partial charge in [0.1, 0.15) is 5.75 Å². The van der Waals surface area contributed by atoms with Gasteiger partial charge in [0.05, 0.1) is 7.11 Å². The highest BCUT2D eigenvalue weighted by Crippen LogP contribution is 2.20. The van der Waals surface area contributed by atoms with Crippen LogP contribution >= 0.6 is 0 Å². The van der Waals surface area contributed by atoms with E-state index in [9.17, 15) is 0 Å². The summed E-state index contributed by atoms with van der Waals surface area (Å²) < 4.78 is 5.25. The Morgan fingerprint density at radius 2 is 2.13 bits per heavy atom. The Labute approximate surface area is 91.0 Å². The second kappa shape index (κ2) is 5.70. The van der Waals surface area contributed by atoms with Crippen LogP contribution < -0.4 is 16.0 Å². The molecule has 4 nitrogen and oxygen atoms in total. The lowest BCUT2D eigenvalue weighted by Crippen LogP contribution is -2.21. The van der Waals surface area contributed by atoms with Crippen LogP contribution in [0.3, 0.4) is 0 Å². The smallest absolute Gasteiger partial charge is 0.123 e. The predicted octanol–water partition coefficient (Wildman–Crippen LogP) is 0.720. The zero-order chi connectivity index (χ0) is 11.3. The summed E-state index contributed by atoms with van der Waals surface area (Å²) in [4.78, 5) is 2.13. The van der Waals surface area contributed by atoms with Crippen molar-refractivity contribution < 1.29 is 4.74 Å². The number of benzene rings is 1. The molecule has 1 rings (SSSR count). The average Bonchev–Trinajstić information content (AvgIpc) is 2.18. The number of hydrogen-bond acceptors (Lipinski definition) is 4. The second-order valence-electron chi connectivity index (χ2n) is 3.76. The SMILES string of the molecule is COc1ccc(CN(C)C)cc1CNN. The topological polar surface area (TPSA) is 50.5 Å². The van der Waals surface area contributed by atoms with Gasteiger partial charge in [-0.25, -0.2) is 0 Å². The molecule has 84 valence electrons. The van der Waals surface area contributed by atoms with Gasteiger partial charge >= 0.3 is 0 Å². The molecule has 0 aromatic heterocycles. The molecule has 0 saturated carbocycles. The van der Waals surface area contributed by atoms with E-state index in [0.29, 0.717) is 6.54 Å². The standard InChI is InChI=1S/C11H19N3O/c1-14(2)8-9-4-5-11(15-3)10(6-9)7-13-12/h4-6,13H,7-8,12H2,1-3H3. The molecular weight excluding hydrogens is 190 g/mol. The van der Waals surface area contributed by atoms with E-state index in [1.807, 2.05) is 20.2 Å². The zero-order valence-corrected chi connectivity index (χ0v) is 9.58. The number of hydrogen-bond donors (Lipinski definition) is 2. The minimum Gasteiger partial charge on any atom is -0.496 e. The maximum absolute atomic E-state index is 5.32. The third-order valence-corrected chi connectivity index (χ3v) is 2.14. The Kier molecular flexibility index (Phi) is 4.55. The van der Waals surface area contributed by atoms with E-state index >= 15 is 0 Å². The van der Waals surface area contributed by atoms with Gasteiger partial charge in [-0.2, -0.15) is 0 Å². The minimum absolute atomic E-state index is 0.616. The largest absolute Gasteiger partial charge is 0.496 e. The molecule has 0 heterocycles. The van der Waals surface area contributed by atoms with Gasteiger partial charge in [-0.05, 0) is 31.8 Å². The van der Waals surface area contributed by atoms with Crippen molar-refractivity contribution in [3.05, 3.63) is 29.3 Å². The normalized spacial score (nSPS) is 10.7. The first-order valence-electron chi connectivity index (χ1n) is 4.91. The molecule has 0 saturated heterocycles. The van der Waals surface area contributed by atoms with Gasteiger partial charge in [0.15, 0.2) is 0 Å². The molecule has 15 heavy (non-hydrogen) atoms. The molecule has 0 radical (unpaired) electrons. The fourth-order valence-corrected chi connectivity index (χ4v) is 1.54. The quantitative estimate of drug-likeness (QED) is 0.554. The molecule has 1 aromatic rings. The first-order chi connectivity index (χ1) is 7.17. The van der Waals surface area contributed by atoms with E-state index in [1.165, 1.54) is 5.56 Å². The van der Waals surface area contributed by atoms with Crippen LogP contribution in [0.4, 0.5) is 0 Å². The van der Waals surface area contributed by atoms with Crippen molar-refractivity contribution in [1.29, 1.82) is 0 Å². The average molecular weight is 209 g/mol. The number of hydrazine groups is 1. The Morgan fingerprint density at radius 3 is 2.67 bits per heavy atom. The predicted molar refractivity (Wildman–Crippen MR) is 61.4 cm³/mol. The number of ether oxygens (including phenoxy) is 1. The van der Waals surface area contributed by atoms with Gasteiger partial charge in [-0.15, -0.1) is 0 Å². The zero-order valence-electron chi connectivity index (χ0n) is 9.58. The van der Waals surface area contributed by atoms with E-state index in [-0.39, 0.29) is 0 Å². The molecule has 0 fully saturated rings. The fraction of sp³-hybridized carbons (Fsp3) is 0.455. The lowest BCUT2D eigenvalue weighted by Gasteiger charge is -2.13. The summed E-state index contributed by atoms with van der Waals surface area (Å²) in [5.41, 5.74) is 4.98. The van der Waals surface area contributed by atoms with Crippen LogP contribution in [0.5, 0.6) is 5.75 Å². The lowest BCUT2D eigenvalue weighted by molar-refractivity contribution is 0.397. The van der Waals surface area contributed by atoms with E-state index < -0.39 is 0 Å². The van der Waals surface area contributed by atoms with Crippen molar-refractivity contribution in [2.45, 2.75) is 13.1 Å². The van der Waals surface area contributed by atoms with E-state index in [4.69, 9.17) is 10.6 Å². The summed E-state index contributed by atoms with van der Waals surface area (Å²) in [6.07, 6.45) is 0. The maximum atomic E-state index is 5.32. The Hall–Kier alpha value is -1.10. The van der Waals surface area contributed by atoms with E-state index in [1.54, 1.807) is 7.11 Å². The van der Waals surface area contributed by atoms with Crippen molar-refractivity contribution >= 4 is 0 Å². The van der Waals surface area contributed by atoms with Crippen molar-refractivity contribution in [2.75, 3.05) is 21.2 Å². The first kappa shape index (κ1) is 12.0. The molecule has 4 heteroatoms. The number of nitrogens with one attached hydrogen (secondary N) is 1. The lowest BCUT2D eigenvalue weighted by atomic mass is 10.1. The van der Waals surface area contributed by atoms with Gasteiger partial charge in [0.25, 0.3) is 0 Å². The second-order valence-corrected chi connectivity index (χ2v) is 3.76. The molecule has 1 aromatic carbocycles. The number of nitrogens with two attached hydrogens (primary N) is 1. The minimum atomic E-state index is 0.616. The van der Waals surface area contributed by atoms with Crippen LogP contribution in [-0.2, 0) is 13.1 Å². The Morgan fingerprint density at radius 1 is 1.40 bits per heavy atom. The molecule has 0 unspecified atom stereocenters. The number of rotatable bonds is 5. The molecule has 0 spiro atoms. The monoisotopic (exact) mass is 209 g/mol. The summed E-state index contributed by atoms with van der Waals surface area (Å²) in [6, 6.07) is 6.16. The van der Waals surface area contributed by atoms with Gasteiger partial charge < -0.3 is 9.64 Å². The molecule has 0 aliphatic carbocycles. The van der Waals surface area contributed by atoms with Gasteiger partial charge in [0.2, 0.25) is 0 Å². The van der Waals surface area contributed by atoms with Crippen molar-refractivity contribution in [2.24, 2.45) is 5.84 Å². The fourth-order valence-electron chi connectivity index (χ4n) is 1.54.